The van der Waals surface area contributed by atoms with Crippen molar-refractivity contribution in [1.29, 1.82) is 0 Å². The van der Waals surface area contributed by atoms with E-state index in [2.05, 4.69) is 39.9 Å². The zero-order chi connectivity index (χ0) is 13.6. The van der Waals surface area contributed by atoms with Crippen LogP contribution in [0.4, 0.5) is 0 Å². The average Bonchev–Trinajstić information content (AvgIpc) is 2.56. The SMILES string of the molecule is c1cnc2ncncc2n1.c1cnc2ncncc2n1. The Labute approximate surface area is 113 Å². The Kier molecular flexibility index (Phi) is 3.36. The first-order chi connectivity index (χ1) is 9.93. The first-order valence-electron chi connectivity index (χ1n) is 5.67. The molecule has 96 valence electrons. The molecule has 0 radical (unpaired) electrons. The normalized spacial score (nSPS) is 10.0. The molecule has 0 N–H and O–H groups in total. The predicted molar refractivity (Wildman–Crippen MR) is 70.3 cm³/mol. The molecule has 0 amide bonds. The highest BCUT2D eigenvalue weighted by Gasteiger charge is 1.91. The monoisotopic (exact) mass is 264 g/mol. The Morgan fingerprint density at radius 1 is 0.500 bits per heavy atom. The maximum atomic E-state index is 3.99. The van der Waals surface area contributed by atoms with Crippen LogP contribution in [0.15, 0.2) is 49.8 Å². The third-order valence-electron chi connectivity index (χ3n) is 2.30. The highest BCUT2D eigenvalue weighted by molar-refractivity contribution is 5.67. The molecule has 8 nitrogen and oxygen atoms in total. The fourth-order valence-corrected chi connectivity index (χ4v) is 1.45. The third-order valence-corrected chi connectivity index (χ3v) is 2.30. The van der Waals surface area contributed by atoms with Gasteiger partial charge < -0.3 is 0 Å². The van der Waals surface area contributed by atoms with Gasteiger partial charge in [0, 0.05) is 24.8 Å². The lowest BCUT2D eigenvalue weighted by molar-refractivity contribution is 1.15. The van der Waals surface area contributed by atoms with E-state index in [-0.39, 0.29) is 0 Å². The van der Waals surface area contributed by atoms with Crippen LogP contribution in [-0.2, 0) is 0 Å². The highest BCUT2D eigenvalue weighted by Crippen LogP contribution is 1.99. The standard InChI is InChI=1S/2C6H4N4/c2*1-2-9-6-5(8-1)3-7-4-10-6/h2*1-4H. The zero-order valence-electron chi connectivity index (χ0n) is 10.2. The quantitative estimate of drug-likeness (QED) is 0.460. The molecule has 0 bridgehead atoms. The summed E-state index contributed by atoms with van der Waals surface area (Å²) in [4.78, 5) is 31.3. The van der Waals surface area contributed by atoms with Crippen molar-refractivity contribution >= 4 is 22.3 Å². The minimum atomic E-state index is 0.637. The lowest BCUT2D eigenvalue weighted by Crippen LogP contribution is -1.85. The van der Waals surface area contributed by atoms with Crippen molar-refractivity contribution < 1.29 is 0 Å². The largest absolute Gasteiger partial charge is 0.250 e. The maximum Gasteiger partial charge on any atom is 0.181 e. The van der Waals surface area contributed by atoms with Crippen LogP contribution >= 0.6 is 0 Å². The molecule has 0 saturated heterocycles. The molecule has 0 fully saturated rings. The molecule has 0 aliphatic carbocycles. The first kappa shape index (κ1) is 11.9. The van der Waals surface area contributed by atoms with Crippen LogP contribution in [0.1, 0.15) is 0 Å². The average molecular weight is 264 g/mol. The number of nitrogens with zero attached hydrogens (tertiary/aromatic N) is 8. The van der Waals surface area contributed by atoms with Crippen LogP contribution < -0.4 is 0 Å². The summed E-state index contributed by atoms with van der Waals surface area (Å²) < 4.78 is 0. The van der Waals surface area contributed by atoms with Gasteiger partial charge in [0.1, 0.15) is 23.7 Å². The lowest BCUT2D eigenvalue weighted by atomic mass is 10.5. The molecule has 4 rings (SSSR count). The van der Waals surface area contributed by atoms with Crippen molar-refractivity contribution in [2.24, 2.45) is 0 Å². The van der Waals surface area contributed by atoms with E-state index < -0.39 is 0 Å². The van der Waals surface area contributed by atoms with E-state index >= 15 is 0 Å². The van der Waals surface area contributed by atoms with Crippen molar-refractivity contribution in [3.63, 3.8) is 0 Å². The van der Waals surface area contributed by atoms with Crippen LogP contribution in [0.3, 0.4) is 0 Å². The minimum Gasteiger partial charge on any atom is -0.250 e. The number of rotatable bonds is 0. The summed E-state index contributed by atoms with van der Waals surface area (Å²) in [6.45, 7) is 0. The number of aromatic nitrogens is 8. The fraction of sp³-hybridized carbons (Fsp3) is 0. The van der Waals surface area contributed by atoms with Crippen LogP contribution in [0.2, 0.25) is 0 Å². The van der Waals surface area contributed by atoms with E-state index in [9.17, 15) is 0 Å². The minimum absolute atomic E-state index is 0.637. The maximum absolute atomic E-state index is 3.99. The molecule has 0 spiro atoms. The van der Waals surface area contributed by atoms with E-state index in [4.69, 9.17) is 0 Å². The van der Waals surface area contributed by atoms with Gasteiger partial charge in [0.05, 0.1) is 12.4 Å². The lowest BCUT2D eigenvalue weighted by Gasteiger charge is -1.89. The molecule has 0 aliphatic heterocycles. The molecule has 0 unspecified atom stereocenters. The number of fused-ring (bicyclic) bond motifs is 2. The molecule has 8 heteroatoms. The summed E-state index contributed by atoms with van der Waals surface area (Å²) in [7, 11) is 0. The Morgan fingerprint density at radius 2 is 0.950 bits per heavy atom. The Morgan fingerprint density at radius 3 is 1.40 bits per heavy atom. The second-order valence-corrected chi connectivity index (χ2v) is 3.58. The van der Waals surface area contributed by atoms with Gasteiger partial charge in [-0.1, -0.05) is 0 Å². The second kappa shape index (κ2) is 5.65. The topological polar surface area (TPSA) is 103 Å². The van der Waals surface area contributed by atoms with Crippen LogP contribution in [0.25, 0.3) is 22.3 Å². The van der Waals surface area contributed by atoms with Gasteiger partial charge in [-0.05, 0) is 0 Å². The van der Waals surface area contributed by atoms with Crippen molar-refractivity contribution in [3.8, 4) is 0 Å². The number of hydrogen-bond acceptors (Lipinski definition) is 8. The van der Waals surface area contributed by atoms with Gasteiger partial charge in [-0.25, -0.2) is 39.9 Å². The number of hydrogen-bond donors (Lipinski definition) is 0. The highest BCUT2D eigenvalue weighted by atomic mass is 14.9. The molecule has 0 aromatic carbocycles. The van der Waals surface area contributed by atoms with Crippen molar-refractivity contribution in [1.82, 2.24) is 39.9 Å². The van der Waals surface area contributed by atoms with E-state index in [0.29, 0.717) is 11.3 Å². The second-order valence-electron chi connectivity index (χ2n) is 3.58. The predicted octanol–water partition coefficient (Wildman–Crippen LogP) is 0.840. The molecule has 0 saturated carbocycles. The fourth-order valence-electron chi connectivity index (χ4n) is 1.45. The Hall–Kier alpha value is -3.16. The van der Waals surface area contributed by atoms with Crippen LogP contribution in [0, 0.1) is 0 Å². The van der Waals surface area contributed by atoms with Crippen LogP contribution in [-0.4, -0.2) is 39.9 Å². The molecule has 0 atom stereocenters. The van der Waals surface area contributed by atoms with Gasteiger partial charge in [0.2, 0.25) is 0 Å². The van der Waals surface area contributed by atoms with E-state index in [1.54, 1.807) is 37.2 Å². The van der Waals surface area contributed by atoms with Gasteiger partial charge in [-0.3, -0.25) is 0 Å². The van der Waals surface area contributed by atoms with Crippen molar-refractivity contribution in [2.45, 2.75) is 0 Å². The summed E-state index contributed by atoms with van der Waals surface area (Å²) in [6, 6.07) is 0. The van der Waals surface area contributed by atoms with Crippen molar-refractivity contribution in [2.75, 3.05) is 0 Å². The Bertz CT molecular complexity index is 633. The molecular formula is C12H8N8. The molecule has 4 heterocycles. The van der Waals surface area contributed by atoms with Gasteiger partial charge >= 0.3 is 0 Å². The van der Waals surface area contributed by atoms with E-state index in [1.807, 2.05) is 0 Å². The van der Waals surface area contributed by atoms with Gasteiger partial charge in [-0.15, -0.1) is 0 Å². The smallest absolute Gasteiger partial charge is 0.181 e. The summed E-state index contributed by atoms with van der Waals surface area (Å²) in [5.41, 5.74) is 2.73. The first-order valence-corrected chi connectivity index (χ1v) is 5.67. The van der Waals surface area contributed by atoms with Gasteiger partial charge in [-0.2, -0.15) is 0 Å². The molecule has 4 aromatic rings. The summed E-state index contributed by atoms with van der Waals surface area (Å²) >= 11 is 0. The van der Waals surface area contributed by atoms with Crippen LogP contribution in [0.5, 0.6) is 0 Å². The molecular weight excluding hydrogens is 256 g/mol. The molecule has 4 aromatic heterocycles. The summed E-state index contributed by atoms with van der Waals surface area (Å²) in [5, 5.41) is 0. The van der Waals surface area contributed by atoms with Crippen molar-refractivity contribution in [3.05, 3.63) is 49.8 Å². The zero-order valence-corrected chi connectivity index (χ0v) is 10.2. The summed E-state index contributed by atoms with van der Waals surface area (Å²) in [5.74, 6) is 0. The van der Waals surface area contributed by atoms with E-state index in [1.165, 1.54) is 12.7 Å². The van der Waals surface area contributed by atoms with Gasteiger partial charge in [0.25, 0.3) is 0 Å². The summed E-state index contributed by atoms with van der Waals surface area (Å²) in [6.07, 6.45) is 12.6. The molecule has 0 aliphatic rings. The Balaban J connectivity index is 0.000000121. The molecule has 20 heavy (non-hydrogen) atoms. The van der Waals surface area contributed by atoms with Gasteiger partial charge in [0.15, 0.2) is 11.3 Å². The van der Waals surface area contributed by atoms with E-state index in [0.717, 1.165) is 11.0 Å². The third kappa shape index (κ3) is 2.64.